The summed E-state index contributed by atoms with van der Waals surface area (Å²) in [6.07, 6.45) is 4.21. The minimum Gasteiger partial charge on any atom is -0.312 e. The highest BCUT2D eigenvalue weighted by atomic mass is 14.9. The van der Waals surface area contributed by atoms with Crippen LogP contribution in [0.1, 0.15) is 37.4 Å². The fraction of sp³-hybridized carbons (Fsp3) is 0.500. The first-order valence-corrected chi connectivity index (χ1v) is 7.80. The van der Waals surface area contributed by atoms with Gasteiger partial charge in [0.1, 0.15) is 0 Å². The van der Waals surface area contributed by atoms with Gasteiger partial charge in [-0.25, -0.2) is 0 Å². The zero-order valence-electron chi connectivity index (χ0n) is 12.5. The Morgan fingerprint density at radius 1 is 1.25 bits per heavy atom. The molecule has 1 N–H and O–H groups in total. The van der Waals surface area contributed by atoms with Crippen molar-refractivity contribution in [2.45, 2.75) is 39.7 Å². The van der Waals surface area contributed by atoms with Crippen LogP contribution in [-0.4, -0.2) is 11.5 Å². The third-order valence-corrected chi connectivity index (χ3v) is 4.69. The molecule has 1 fully saturated rings. The minimum absolute atomic E-state index is 0.865. The number of pyridine rings is 1. The summed E-state index contributed by atoms with van der Waals surface area (Å²) in [7, 11) is 0. The Morgan fingerprint density at radius 3 is 2.90 bits per heavy atom. The molecule has 3 rings (SSSR count). The summed E-state index contributed by atoms with van der Waals surface area (Å²) in [5.74, 6) is 1.75. The zero-order valence-corrected chi connectivity index (χ0v) is 12.5. The molecule has 1 aromatic heterocycles. The van der Waals surface area contributed by atoms with Crippen molar-refractivity contribution >= 4 is 10.9 Å². The van der Waals surface area contributed by atoms with Crippen LogP contribution < -0.4 is 5.32 Å². The van der Waals surface area contributed by atoms with E-state index >= 15 is 0 Å². The highest BCUT2D eigenvalue weighted by Crippen LogP contribution is 2.30. The van der Waals surface area contributed by atoms with Gasteiger partial charge in [-0.2, -0.15) is 0 Å². The van der Waals surface area contributed by atoms with Crippen LogP contribution in [0, 0.1) is 18.8 Å². The van der Waals surface area contributed by atoms with Crippen LogP contribution in [0.4, 0.5) is 0 Å². The maximum Gasteiger partial charge on any atom is 0.0708 e. The van der Waals surface area contributed by atoms with E-state index in [1.54, 1.807) is 0 Å². The van der Waals surface area contributed by atoms with Gasteiger partial charge in [0, 0.05) is 17.6 Å². The second-order valence-electron chi connectivity index (χ2n) is 6.24. The molecule has 0 radical (unpaired) electrons. The van der Waals surface area contributed by atoms with Crippen LogP contribution in [0.25, 0.3) is 10.9 Å². The summed E-state index contributed by atoms with van der Waals surface area (Å²) in [6.45, 7) is 6.57. The van der Waals surface area contributed by atoms with Gasteiger partial charge in [-0.3, -0.25) is 4.98 Å². The summed E-state index contributed by atoms with van der Waals surface area (Å²) in [4.78, 5) is 4.61. The number of para-hydroxylation sites is 1. The van der Waals surface area contributed by atoms with Gasteiger partial charge in [-0.1, -0.05) is 38.0 Å². The number of rotatable bonds is 4. The van der Waals surface area contributed by atoms with Gasteiger partial charge < -0.3 is 5.32 Å². The van der Waals surface area contributed by atoms with Gasteiger partial charge in [0.25, 0.3) is 0 Å². The summed E-state index contributed by atoms with van der Waals surface area (Å²) in [6, 6.07) is 10.7. The number of aromatic nitrogens is 1. The minimum atomic E-state index is 0.865. The smallest absolute Gasteiger partial charge is 0.0708 e. The Labute approximate surface area is 121 Å². The highest BCUT2D eigenvalue weighted by molar-refractivity contribution is 5.82. The molecule has 106 valence electrons. The lowest BCUT2D eigenvalue weighted by Crippen LogP contribution is -2.24. The fourth-order valence-corrected chi connectivity index (χ4v) is 3.46. The topological polar surface area (TPSA) is 24.9 Å². The maximum absolute atomic E-state index is 4.61. The first-order chi connectivity index (χ1) is 9.74. The molecule has 1 aromatic carbocycles. The Kier molecular flexibility index (Phi) is 4.02. The van der Waals surface area contributed by atoms with E-state index in [-0.39, 0.29) is 0 Å². The van der Waals surface area contributed by atoms with Crippen molar-refractivity contribution in [1.29, 1.82) is 0 Å². The first kappa shape index (κ1) is 13.6. The van der Waals surface area contributed by atoms with E-state index in [2.05, 4.69) is 54.5 Å². The Balaban J connectivity index is 1.71. The van der Waals surface area contributed by atoms with Gasteiger partial charge >= 0.3 is 0 Å². The molecule has 0 aliphatic heterocycles. The van der Waals surface area contributed by atoms with Crippen LogP contribution in [0.5, 0.6) is 0 Å². The molecule has 1 heterocycles. The third kappa shape index (κ3) is 2.85. The monoisotopic (exact) mass is 268 g/mol. The van der Waals surface area contributed by atoms with Crippen molar-refractivity contribution in [2.75, 3.05) is 6.54 Å². The quantitative estimate of drug-likeness (QED) is 0.904. The SMILES string of the molecule is Cc1cc(CNCC2CCCC2C)c2ccccc2n1. The largest absolute Gasteiger partial charge is 0.312 e. The van der Waals surface area contributed by atoms with Crippen LogP contribution in [0.2, 0.25) is 0 Å². The molecule has 0 amide bonds. The number of benzene rings is 1. The zero-order chi connectivity index (χ0) is 13.9. The standard InChI is InChI=1S/C18H24N2/c1-13-6-5-7-15(13)11-19-12-16-10-14(2)20-18-9-4-3-8-17(16)18/h3-4,8-10,13,15,19H,5-7,11-12H2,1-2H3. The van der Waals surface area contributed by atoms with Crippen LogP contribution in [-0.2, 0) is 6.54 Å². The van der Waals surface area contributed by atoms with Gasteiger partial charge in [-0.05, 0) is 49.4 Å². The Morgan fingerprint density at radius 2 is 2.10 bits per heavy atom. The number of nitrogens with one attached hydrogen (secondary N) is 1. The predicted molar refractivity (Wildman–Crippen MR) is 84.7 cm³/mol. The number of nitrogens with zero attached hydrogens (tertiary/aromatic N) is 1. The van der Waals surface area contributed by atoms with Crippen molar-refractivity contribution in [3.8, 4) is 0 Å². The number of fused-ring (bicyclic) bond motifs is 1. The summed E-state index contributed by atoms with van der Waals surface area (Å²) in [5.41, 5.74) is 3.59. The fourth-order valence-electron chi connectivity index (χ4n) is 3.46. The van der Waals surface area contributed by atoms with Crippen molar-refractivity contribution in [3.05, 3.63) is 41.6 Å². The molecule has 0 saturated heterocycles. The molecule has 0 spiro atoms. The van der Waals surface area contributed by atoms with E-state index in [0.717, 1.165) is 36.1 Å². The highest BCUT2D eigenvalue weighted by Gasteiger charge is 2.22. The molecule has 1 aliphatic rings. The third-order valence-electron chi connectivity index (χ3n) is 4.69. The summed E-state index contributed by atoms with van der Waals surface area (Å²) >= 11 is 0. The number of hydrogen-bond donors (Lipinski definition) is 1. The van der Waals surface area contributed by atoms with Crippen molar-refractivity contribution in [1.82, 2.24) is 10.3 Å². The van der Waals surface area contributed by atoms with Crippen molar-refractivity contribution in [3.63, 3.8) is 0 Å². The van der Waals surface area contributed by atoms with E-state index in [1.165, 1.54) is 30.2 Å². The van der Waals surface area contributed by atoms with Crippen LogP contribution in [0.3, 0.4) is 0 Å². The molecule has 1 saturated carbocycles. The molecule has 0 bridgehead atoms. The average Bonchev–Trinajstić information content (AvgIpc) is 2.84. The van der Waals surface area contributed by atoms with Crippen molar-refractivity contribution in [2.24, 2.45) is 11.8 Å². The second-order valence-corrected chi connectivity index (χ2v) is 6.24. The Bertz CT molecular complexity index is 591. The molecule has 2 aromatic rings. The van der Waals surface area contributed by atoms with Gasteiger partial charge in [0.05, 0.1) is 5.52 Å². The molecular formula is C18H24N2. The van der Waals surface area contributed by atoms with Crippen LogP contribution >= 0.6 is 0 Å². The average molecular weight is 268 g/mol. The van der Waals surface area contributed by atoms with E-state index in [9.17, 15) is 0 Å². The molecule has 2 nitrogen and oxygen atoms in total. The lowest BCUT2D eigenvalue weighted by Gasteiger charge is -2.16. The molecular weight excluding hydrogens is 244 g/mol. The lowest BCUT2D eigenvalue weighted by atomic mass is 9.98. The Hall–Kier alpha value is -1.41. The predicted octanol–water partition coefficient (Wildman–Crippen LogP) is 4.07. The lowest BCUT2D eigenvalue weighted by molar-refractivity contribution is 0.392. The van der Waals surface area contributed by atoms with Gasteiger partial charge in [0.15, 0.2) is 0 Å². The molecule has 2 heteroatoms. The summed E-state index contributed by atoms with van der Waals surface area (Å²) < 4.78 is 0. The van der Waals surface area contributed by atoms with E-state index in [0.29, 0.717) is 0 Å². The molecule has 2 unspecified atom stereocenters. The second kappa shape index (κ2) is 5.92. The van der Waals surface area contributed by atoms with E-state index in [1.807, 2.05) is 0 Å². The molecule has 2 atom stereocenters. The normalized spacial score (nSPS) is 22.5. The first-order valence-electron chi connectivity index (χ1n) is 7.80. The molecule has 1 aliphatic carbocycles. The van der Waals surface area contributed by atoms with E-state index in [4.69, 9.17) is 0 Å². The summed E-state index contributed by atoms with van der Waals surface area (Å²) in [5, 5.41) is 4.95. The maximum atomic E-state index is 4.61. The van der Waals surface area contributed by atoms with E-state index < -0.39 is 0 Å². The molecule has 20 heavy (non-hydrogen) atoms. The van der Waals surface area contributed by atoms with Gasteiger partial charge in [0.2, 0.25) is 0 Å². The van der Waals surface area contributed by atoms with Crippen LogP contribution in [0.15, 0.2) is 30.3 Å². The number of hydrogen-bond acceptors (Lipinski definition) is 2. The van der Waals surface area contributed by atoms with Gasteiger partial charge in [-0.15, -0.1) is 0 Å². The van der Waals surface area contributed by atoms with Crippen molar-refractivity contribution < 1.29 is 0 Å². The number of aryl methyl sites for hydroxylation is 1.